The zero-order valence-electron chi connectivity index (χ0n) is 21.3. The average molecular weight is 493 g/mol. The van der Waals surface area contributed by atoms with Gasteiger partial charge in [0.15, 0.2) is 17.3 Å². The molecule has 2 aliphatic carbocycles. The summed E-state index contributed by atoms with van der Waals surface area (Å²) < 4.78 is 13.6. The molecule has 1 aromatic carbocycles. The fraction of sp³-hybridized carbons (Fsp3) is 0.630. The fourth-order valence-electron chi connectivity index (χ4n) is 6.43. The summed E-state index contributed by atoms with van der Waals surface area (Å²) in [6.07, 6.45) is 9.44. The van der Waals surface area contributed by atoms with Gasteiger partial charge in [0, 0.05) is 29.6 Å². The highest BCUT2D eigenvalue weighted by Crippen LogP contribution is 2.39. The van der Waals surface area contributed by atoms with Crippen molar-refractivity contribution in [1.29, 1.82) is 0 Å². The van der Waals surface area contributed by atoms with Crippen LogP contribution in [0.1, 0.15) is 88.7 Å². The summed E-state index contributed by atoms with van der Waals surface area (Å²) in [5, 5.41) is 14.1. The third kappa shape index (κ3) is 4.38. The van der Waals surface area contributed by atoms with Crippen molar-refractivity contribution in [3.05, 3.63) is 39.9 Å². The number of rotatable bonds is 7. The number of hydrogen-bond acceptors (Lipinski definition) is 7. The first kappa shape index (κ1) is 23.5. The predicted octanol–water partition coefficient (Wildman–Crippen LogP) is 4.54. The molecule has 6 rings (SSSR count). The Kier molecular flexibility index (Phi) is 6.41. The fourth-order valence-corrected chi connectivity index (χ4v) is 6.43. The molecule has 0 radical (unpaired) electrons. The lowest BCUT2D eigenvalue weighted by molar-refractivity contribution is 0.0826. The van der Waals surface area contributed by atoms with Crippen LogP contribution in [0.4, 0.5) is 0 Å². The lowest BCUT2D eigenvalue weighted by Crippen LogP contribution is -2.41. The summed E-state index contributed by atoms with van der Waals surface area (Å²) in [5.41, 5.74) is 1.47. The first-order valence-corrected chi connectivity index (χ1v) is 13.6. The molecule has 0 saturated heterocycles. The molecular formula is C27H36N6O3. The number of nitrogens with zero attached hydrogens (tertiary/aromatic N) is 5. The van der Waals surface area contributed by atoms with Gasteiger partial charge in [0.25, 0.3) is 5.56 Å². The molecular weight excluding hydrogens is 456 g/mol. The van der Waals surface area contributed by atoms with Crippen LogP contribution in [0, 0.1) is 5.92 Å². The molecule has 1 atom stereocenters. The standard InChI is InChI=1S/C27H36N6O3/c1-17(2)25(26-29-30-31-33(26)21-9-5-6-10-21)32(20-7-3-4-8-20)16-19-13-18-14-23-24(36-12-11-35-23)15-22(18)28-27(19)34/h13-15,17,20-21,25H,3-12,16H2,1-2H3,(H,28,34). The van der Waals surface area contributed by atoms with Crippen LogP contribution >= 0.6 is 0 Å². The minimum atomic E-state index is -0.0555. The highest BCUT2D eigenvalue weighted by Gasteiger charge is 2.37. The molecule has 1 N–H and O–H groups in total. The Morgan fingerprint density at radius 2 is 1.72 bits per heavy atom. The zero-order valence-corrected chi connectivity index (χ0v) is 21.3. The number of aromatic amines is 1. The van der Waals surface area contributed by atoms with E-state index in [0.29, 0.717) is 43.5 Å². The van der Waals surface area contributed by atoms with Gasteiger partial charge in [0.1, 0.15) is 13.2 Å². The SMILES string of the molecule is CC(C)C(c1nnnn1C1CCCC1)N(Cc1cc2cc3c(cc2[nH]c1=O)OCCO3)C1CCCC1. The normalized spacial score (nSPS) is 19.7. The Balaban J connectivity index is 1.39. The van der Waals surface area contributed by atoms with E-state index in [4.69, 9.17) is 9.47 Å². The van der Waals surface area contributed by atoms with Gasteiger partial charge in [-0.1, -0.05) is 39.5 Å². The van der Waals surface area contributed by atoms with Crippen molar-refractivity contribution in [3.63, 3.8) is 0 Å². The topological polar surface area (TPSA) is 98.2 Å². The monoisotopic (exact) mass is 492 g/mol. The summed E-state index contributed by atoms with van der Waals surface area (Å²) >= 11 is 0. The van der Waals surface area contributed by atoms with Crippen LogP contribution < -0.4 is 15.0 Å². The van der Waals surface area contributed by atoms with Gasteiger partial charge in [-0.2, -0.15) is 0 Å². The van der Waals surface area contributed by atoms with E-state index in [-0.39, 0.29) is 11.6 Å². The van der Waals surface area contributed by atoms with Gasteiger partial charge in [-0.3, -0.25) is 9.69 Å². The molecule has 3 aromatic rings. The second kappa shape index (κ2) is 9.84. The lowest BCUT2D eigenvalue weighted by Gasteiger charge is -2.38. The molecule has 1 aliphatic heterocycles. The summed E-state index contributed by atoms with van der Waals surface area (Å²) in [4.78, 5) is 18.9. The summed E-state index contributed by atoms with van der Waals surface area (Å²) in [6, 6.07) is 6.69. The highest BCUT2D eigenvalue weighted by atomic mass is 16.6. The van der Waals surface area contributed by atoms with Gasteiger partial charge >= 0.3 is 0 Å². The number of hydrogen-bond donors (Lipinski definition) is 1. The van der Waals surface area contributed by atoms with Gasteiger partial charge < -0.3 is 14.5 Å². The lowest BCUT2D eigenvalue weighted by atomic mass is 9.97. The van der Waals surface area contributed by atoms with Crippen LogP contribution in [-0.4, -0.2) is 49.3 Å². The number of H-pyrrole nitrogens is 1. The number of aromatic nitrogens is 5. The van der Waals surface area contributed by atoms with Crippen molar-refractivity contribution >= 4 is 10.9 Å². The summed E-state index contributed by atoms with van der Waals surface area (Å²) in [6.45, 7) is 6.11. The van der Waals surface area contributed by atoms with Gasteiger partial charge in [-0.05, 0) is 54.2 Å². The quantitative estimate of drug-likeness (QED) is 0.517. The van der Waals surface area contributed by atoms with Gasteiger partial charge in [0.05, 0.1) is 17.6 Å². The van der Waals surface area contributed by atoms with E-state index in [9.17, 15) is 4.79 Å². The number of benzene rings is 1. The largest absolute Gasteiger partial charge is 0.486 e. The van der Waals surface area contributed by atoms with Gasteiger partial charge in [-0.15, -0.1) is 5.10 Å². The van der Waals surface area contributed by atoms with Crippen LogP contribution in [0.2, 0.25) is 0 Å². The summed E-state index contributed by atoms with van der Waals surface area (Å²) in [5.74, 6) is 2.66. The Labute approximate surface area is 211 Å². The van der Waals surface area contributed by atoms with E-state index in [1.165, 1.54) is 25.7 Å². The molecule has 3 aliphatic rings. The van der Waals surface area contributed by atoms with Crippen molar-refractivity contribution in [2.24, 2.45) is 5.92 Å². The first-order valence-electron chi connectivity index (χ1n) is 13.6. The van der Waals surface area contributed by atoms with Gasteiger partial charge in [-0.25, -0.2) is 4.68 Å². The van der Waals surface area contributed by atoms with Crippen molar-refractivity contribution < 1.29 is 9.47 Å². The number of fused-ring (bicyclic) bond motifs is 2. The number of pyridine rings is 1. The molecule has 9 heteroatoms. The van der Waals surface area contributed by atoms with Crippen LogP contribution in [0.3, 0.4) is 0 Å². The molecule has 2 aromatic heterocycles. The van der Waals surface area contributed by atoms with Crippen molar-refractivity contribution in [2.75, 3.05) is 13.2 Å². The molecule has 36 heavy (non-hydrogen) atoms. The minimum Gasteiger partial charge on any atom is -0.486 e. The highest BCUT2D eigenvalue weighted by molar-refractivity contribution is 5.83. The molecule has 2 fully saturated rings. The maximum absolute atomic E-state index is 13.3. The number of ether oxygens (including phenoxy) is 2. The second-order valence-electron chi connectivity index (χ2n) is 10.9. The number of nitrogens with one attached hydrogen (secondary N) is 1. The number of tetrazole rings is 1. The Hall–Kier alpha value is -2.94. The molecule has 192 valence electrons. The molecule has 1 unspecified atom stereocenters. The Bertz CT molecular complexity index is 1270. The molecule has 2 saturated carbocycles. The Morgan fingerprint density at radius 3 is 2.44 bits per heavy atom. The van der Waals surface area contributed by atoms with Crippen LogP contribution in [0.15, 0.2) is 23.0 Å². The molecule has 9 nitrogen and oxygen atoms in total. The molecule has 3 heterocycles. The molecule has 0 bridgehead atoms. The van der Waals surface area contributed by atoms with Gasteiger partial charge in [0.2, 0.25) is 0 Å². The Morgan fingerprint density at radius 1 is 1.03 bits per heavy atom. The maximum atomic E-state index is 13.3. The van der Waals surface area contributed by atoms with E-state index in [0.717, 1.165) is 53.7 Å². The smallest absolute Gasteiger partial charge is 0.252 e. The summed E-state index contributed by atoms with van der Waals surface area (Å²) in [7, 11) is 0. The first-order chi connectivity index (χ1) is 17.6. The molecule has 0 spiro atoms. The van der Waals surface area contributed by atoms with Crippen molar-refractivity contribution in [3.8, 4) is 11.5 Å². The van der Waals surface area contributed by atoms with Crippen LogP contribution in [-0.2, 0) is 6.54 Å². The maximum Gasteiger partial charge on any atom is 0.252 e. The van der Waals surface area contributed by atoms with E-state index in [1.807, 2.05) is 18.2 Å². The van der Waals surface area contributed by atoms with Crippen LogP contribution in [0.25, 0.3) is 10.9 Å². The molecule has 0 amide bonds. The van der Waals surface area contributed by atoms with E-state index in [2.05, 4.69) is 43.9 Å². The minimum absolute atomic E-state index is 0.0408. The average Bonchev–Trinajstić information content (AvgIpc) is 3.65. The third-order valence-electron chi connectivity index (χ3n) is 8.17. The van der Waals surface area contributed by atoms with E-state index in [1.54, 1.807) is 0 Å². The third-order valence-corrected chi connectivity index (χ3v) is 8.17. The van der Waals surface area contributed by atoms with Crippen molar-refractivity contribution in [1.82, 2.24) is 30.1 Å². The van der Waals surface area contributed by atoms with E-state index >= 15 is 0 Å². The van der Waals surface area contributed by atoms with E-state index < -0.39 is 0 Å². The predicted molar refractivity (Wildman–Crippen MR) is 136 cm³/mol. The van der Waals surface area contributed by atoms with Crippen LogP contribution in [0.5, 0.6) is 11.5 Å². The second-order valence-corrected chi connectivity index (χ2v) is 10.9. The van der Waals surface area contributed by atoms with Crippen molar-refractivity contribution in [2.45, 2.75) is 89.9 Å². The zero-order chi connectivity index (χ0) is 24.6.